The third kappa shape index (κ3) is 2.98. The first-order valence-corrected chi connectivity index (χ1v) is 6.55. The van der Waals surface area contributed by atoms with Gasteiger partial charge < -0.3 is 5.32 Å². The van der Waals surface area contributed by atoms with Gasteiger partial charge in [-0.3, -0.25) is 4.98 Å². The second kappa shape index (κ2) is 5.75. The third-order valence-electron chi connectivity index (χ3n) is 2.85. The molecule has 2 rings (SSSR count). The summed E-state index contributed by atoms with van der Waals surface area (Å²) in [5.74, 6) is -1.18. The van der Waals surface area contributed by atoms with Crippen LogP contribution in [0.15, 0.2) is 35.1 Å². The molecule has 1 aromatic carbocycles. The molecule has 1 aromatic heterocycles. The Bertz CT molecular complexity index is 579. The lowest BCUT2D eigenvalue weighted by molar-refractivity contribution is 0.520. The van der Waals surface area contributed by atoms with Gasteiger partial charge in [-0.1, -0.05) is 22.0 Å². The maximum absolute atomic E-state index is 14.0. The van der Waals surface area contributed by atoms with E-state index in [1.807, 2.05) is 13.0 Å². The molecule has 1 N–H and O–H groups in total. The fraction of sp³-hybridized carbons (Fsp3) is 0.214. The smallest absolute Gasteiger partial charge is 0.132 e. The molecule has 19 heavy (non-hydrogen) atoms. The van der Waals surface area contributed by atoms with Crippen LogP contribution in [0.4, 0.5) is 8.78 Å². The van der Waals surface area contributed by atoms with Crippen LogP contribution in [0.2, 0.25) is 0 Å². The minimum absolute atomic E-state index is 0.00176. The van der Waals surface area contributed by atoms with Crippen LogP contribution in [-0.4, -0.2) is 12.0 Å². The minimum atomic E-state index is -0.590. The molecule has 0 aliphatic heterocycles. The number of nitrogens with one attached hydrogen (secondary N) is 1. The zero-order valence-corrected chi connectivity index (χ0v) is 12.1. The molecule has 0 saturated heterocycles. The number of aromatic nitrogens is 1. The molecule has 0 aliphatic rings. The molecular formula is C14H13BrF2N2. The first-order chi connectivity index (χ1) is 9.02. The molecule has 1 heterocycles. The summed E-state index contributed by atoms with van der Waals surface area (Å²) in [6, 6.07) is 3.80. The molecule has 1 atom stereocenters. The van der Waals surface area contributed by atoms with E-state index in [2.05, 4.69) is 26.2 Å². The number of hydrogen-bond donors (Lipinski definition) is 1. The molecular weight excluding hydrogens is 314 g/mol. The van der Waals surface area contributed by atoms with Crippen molar-refractivity contribution in [3.05, 3.63) is 63.4 Å². The second-order valence-corrected chi connectivity index (χ2v) is 5.22. The lowest BCUT2D eigenvalue weighted by Gasteiger charge is -2.19. The summed E-state index contributed by atoms with van der Waals surface area (Å²) in [6.45, 7) is 1.89. The average molecular weight is 327 g/mol. The quantitative estimate of drug-likeness (QED) is 0.929. The normalized spacial score (nSPS) is 12.5. The Kier molecular flexibility index (Phi) is 4.27. The van der Waals surface area contributed by atoms with E-state index in [0.29, 0.717) is 4.47 Å². The molecule has 2 aromatic rings. The molecule has 100 valence electrons. The average Bonchev–Trinajstić information content (AvgIpc) is 2.33. The van der Waals surface area contributed by atoms with Gasteiger partial charge in [0.15, 0.2) is 0 Å². The van der Waals surface area contributed by atoms with Crippen molar-refractivity contribution >= 4 is 15.9 Å². The molecule has 1 unspecified atom stereocenters. The maximum atomic E-state index is 14.0. The van der Waals surface area contributed by atoms with Crippen LogP contribution in [0, 0.1) is 18.6 Å². The van der Waals surface area contributed by atoms with Crippen molar-refractivity contribution in [1.82, 2.24) is 10.3 Å². The van der Waals surface area contributed by atoms with Crippen molar-refractivity contribution < 1.29 is 8.78 Å². The zero-order chi connectivity index (χ0) is 14.0. The van der Waals surface area contributed by atoms with E-state index >= 15 is 0 Å². The van der Waals surface area contributed by atoms with Crippen LogP contribution in [0.3, 0.4) is 0 Å². The lowest BCUT2D eigenvalue weighted by atomic mass is 9.98. The van der Waals surface area contributed by atoms with E-state index in [4.69, 9.17) is 0 Å². The Morgan fingerprint density at radius 1 is 1.16 bits per heavy atom. The number of nitrogens with zero attached hydrogens (tertiary/aromatic N) is 1. The number of aryl methyl sites for hydroxylation is 1. The van der Waals surface area contributed by atoms with E-state index in [1.165, 1.54) is 12.1 Å². The largest absolute Gasteiger partial charge is 0.309 e. The van der Waals surface area contributed by atoms with Crippen LogP contribution in [0.1, 0.15) is 22.7 Å². The van der Waals surface area contributed by atoms with Crippen molar-refractivity contribution in [2.75, 3.05) is 7.05 Å². The molecule has 0 aliphatic carbocycles. The highest BCUT2D eigenvalue weighted by atomic mass is 79.9. The fourth-order valence-electron chi connectivity index (χ4n) is 2.04. The van der Waals surface area contributed by atoms with Crippen LogP contribution in [0.5, 0.6) is 0 Å². The molecule has 0 bridgehead atoms. The predicted octanol–water partition coefficient (Wildman–Crippen LogP) is 3.74. The van der Waals surface area contributed by atoms with Crippen molar-refractivity contribution in [2.24, 2.45) is 0 Å². The molecule has 5 heteroatoms. The fourth-order valence-corrected chi connectivity index (χ4v) is 2.44. The standard InChI is InChI=1S/C14H13BrF2N2/c1-8-3-9(7-19-6-8)14(18-2)13-11(16)4-10(15)5-12(13)17/h3-7,14,18H,1-2H3. The molecule has 0 spiro atoms. The van der Waals surface area contributed by atoms with Crippen LogP contribution in [-0.2, 0) is 0 Å². The summed E-state index contributed by atoms with van der Waals surface area (Å²) in [5, 5.41) is 2.93. The van der Waals surface area contributed by atoms with E-state index in [0.717, 1.165) is 11.1 Å². The van der Waals surface area contributed by atoms with Gasteiger partial charge in [0.25, 0.3) is 0 Å². The highest BCUT2D eigenvalue weighted by Gasteiger charge is 2.21. The predicted molar refractivity (Wildman–Crippen MR) is 73.9 cm³/mol. The van der Waals surface area contributed by atoms with Crippen molar-refractivity contribution in [2.45, 2.75) is 13.0 Å². The SMILES string of the molecule is CNC(c1cncc(C)c1)c1c(F)cc(Br)cc1F. The Morgan fingerprint density at radius 2 is 1.79 bits per heavy atom. The molecule has 0 saturated carbocycles. The number of halogens is 3. The first kappa shape index (κ1) is 14.1. The molecule has 0 amide bonds. The van der Waals surface area contributed by atoms with E-state index in [-0.39, 0.29) is 5.56 Å². The van der Waals surface area contributed by atoms with E-state index in [9.17, 15) is 8.78 Å². The van der Waals surface area contributed by atoms with E-state index in [1.54, 1.807) is 19.4 Å². The van der Waals surface area contributed by atoms with Crippen LogP contribution < -0.4 is 5.32 Å². The van der Waals surface area contributed by atoms with Gasteiger partial charge in [0, 0.05) is 22.4 Å². The molecule has 0 radical (unpaired) electrons. The Balaban J connectivity index is 2.54. The molecule has 0 fully saturated rings. The summed E-state index contributed by atoms with van der Waals surface area (Å²) >= 11 is 3.07. The van der Waals surface area contributed by atoms with Gasteiger partial charge in [0.05, 0.1) is 6.04 Å². The van der Waals surface area contributed by atoms with Gasteiger partial charge in [0.1, 0.15) is 11.6 Å². The van der Waals surface area contributed by atoms with Gasteiger partial charge in [0.2, 0.25) is 0 Å². The number of benzene rings is 1. The number of hydrogen-bond acceptors (Lipinski definition) is 2. The van der Waals surface area contributed by atoms with Gasteiger partial charge in [-0.05, 0) is 37.2 Å². The summed E-state index contributed by atoms with van der Waals surface area (Å²) in [5.41, 5.74) is 1.66. The highest BCUT2D eigenvalue weighted by molar-refractivity contribution is 9.10. The van der Waals surface area contributed by atoms with Gasteiger partial charge in [-0.15, -0.1) is 0 Å². The van der Waals surface area contributed by atoms with Crippen molar-refractivity contribution in [3.8, 4) is 0 Å². The van der Waals surface area contributed by atoms with Crippen LogP contribution in [0.25, 0.3) is 0 Å². The Labute approximate surface area is 119 Å². The van der Waals surface area contributed by atoms with Gasteiger partial charge >= 0.3 is 0 Å². The number of pyridine rings is 1. The summed E-state index contributed by atoms with van der Waals surface area (Å²) < 4.78 is 28.4. The minimum Gasteiger partial charge on any atom is -0.309 e. The number of rotatable bonds is 3. The van der Waals surface area contributed by atoms with Crippen molar-refractivity contribution in [3.63, 3.8) is 0 Å². The topological polar surface area (TPSA) is 24.9 Å². The molecule has 2 nitrogen and oxygen atoms in total. The highest BCUT2D eigenvalue weighted by Crippen LogP contribution is 2.29. The third-order valence-corrected chi connectivity index (χ3v) is 3.31. The van der Waals surface area contributed by atoms with Crippen LogP contribution >= 0.6 is 15.9 Å². The Morgan fingerprint density at radius 3 is 2.32 bits per heavy atom. The second-order valence-electron chi connectivity index (χ2n) is 4.30. The summed E-state index contributed by atoms with van der Waals surface area (Å²) in [7, 11) is 1.66. The van der Waals surface area contributed by atoms with E-state index < -0.39 is 17.7 Å². The monoisotopic (exact) mass is 326 g/mol. The van der Waals surface area contributed by atoms with Crippen molar-refractivity contribution in [1.29, 1.82) is 0 Å². The van der Waals surface area contributed by atoms with Gasteiger partial charge in [-0.25, -0.2) is 8.78 Å². The lowest BCUT2D eigenvalue weighted by Crippen LogP contribution is -2.20. The zero-order valence-electron chi connectivity index (χ0n) is 10.5. The van der Waals surface area contributed by atoms with Gasteiger partial charge in [-0.2, -0.15) is 0 Å². The maximum Gasteiger partial charge on any atom is 0.132 e. The Hall–Kier alpha value is -1.33. The first-order valence-electron chi connectivity index (χ1n) is 5.76. The summed E-state index contributed by atoms with van der Waals surface area (Å²) in [6.07, 6.45) is 3.31. The summed E-state index contributed by atoms with van der Waals surface area (Å²) in [4.78, 5) is 4.06.